The average Bonchev–Trinajstić information content (AvgIpc) is 4.12. The highest BCUT2D eigenvalue weighted by Gasteiger charge is 2.64. The third-order valence-electron chi connectivity index (χ3n) is 13.2. The number of nitrogens with one attached hydrogen (secondary N) is 3. The Morgan fingerprint density at radius 2 is 1.89 bits per heavy atom. The van der Waals surface area contributed by atoms with E-state index in [0.717, 1.165) is 47.8 Å². The monoisotopic (exact) mass is 805 g/mol. The lowest BCUT2D eigenvalue weighted by Crippen LogP contribution is -2.58. The molecular weight excluding hydrogens is 751 g/mol. The van der Waals surface area contributed by atoms with Crippen LogP contribution >= 0.6 is 0 Å². The predicted molar refractivity (Wildman–Crippen MR) is 211 cm³/mol. The Bertz CT molecular complexity index is 2120. The highest BCUT2D eigenvalue weighted by atomic mass is 32.2. The van der Waals surface area contributed by atoms with E-state index in [9.17, 15) is 27.6 Å². The first-order valence-electron chi connectivity index (χ1n) is 20.7. The molecule has 2 aromatic rings. The van der Waals surface area contributed by atoms with Gasteiger partial charge in [0.2, 0.25) is 21.8 Å². The lowest BCUT2D eigenvalue weighted by molar-refractivity contribution is -0.141. The number of hydrogen-bond donors (Lipinski definition) is 3. The summed E-state index contributed by atoms with van der Waals surface area (Å²) < 4.78 is 46.0. The van der Waals surface area contributed by atoms with Crippen molar-refractivity contribution in [3.63, 3.8) is 0 Å². The summed E-state index contributed by atoms with van der Waals surface area (Å²) in [6.45, 7) is 5.36. The molecule has 15 heteroatoms. The van der Waals surface area contributed by atoms with Gasteiger partial charge in [-0.2, -0.15) is 0 Å². The summed E-state index contributed by atoms with van der Waals surface area (Å²) in [5.41, 5.74) is 0.279. The van der Waals surface area contributed by atoms with E-state index in [0.29, 0.717) is 62.9 Å². The van der Waals surface area contributed by atoms with E-state index in [4.69, 9.17) is 19.2 Å². The fourth-order valence-electron chi connectivity index (χ4n) is 8.74. The molecule has 1 aromatic heterocycles. The minimum atomic E-state index is -3.99. The Morgan fingerprint density at radius 1 is 1.11 bits per heavy atom. The van der Waals surface area contributed by atoms with E-state index in [1.165, 1.54) is 4.90 Å². The molecule has 4 heterocycles. The van der Waals surface area contributed by atoms with Crippen LogP contribution in [0.4, 0.5) is 4.79 Å². The molecule has 1 spiro atoms. The summed E-state index contributed by atoms with van der Waals surface area (Å²) in [5.74, 6) is -0.566. The molecule has 3 aliphatic carbocycles. The number of amides is 4. The molecule has 4 fully saturated rings. The van der Waals surface area contributed by atoms with Gasteiger partial charge in [-0.1, -0.05) is 31.9 Å². The molecule has 0 bridgehead atoms. The molecule has 1 aromatic carbocycles. The van der Waals surface area contributed by atoms with Crippen molar-refractivity contribution in [1.82, 2.24) is 25.2 Å². The van der Waals surface area contributed by atoms with Gasteiger partial charge in [-0.05, 0) is 103 Å². The molecule has 6 unspecified atom stereocenters. The summed E-state index contributed by atoms with van der Waals surface area (Å²) >= 11 is 0. The van der Waals surface area contributed by atoms with Gasteiger partial charge in [-0.3, -0.25) is 19.1 Å². The number of sulfonamides is 1. The van der Waals surface area contributed by atoms with Gasteiger partial charge in [0.15, 0.2) is 0 Å². The van der Waals surface area contributed by atoms with Crippen molar-refractivity contribution in [3.05, 3.63) is 41.6 Å². The topological polar surface area (TPSA) is 182 Å². The highest BCUT2D eigenvalue weighted by Crippen LogP contribution is 2.52. The van der Waals surface area contributed by atoms with Crippen molar-refractivity contribution >= 4 is 44.7 Å². The first-order valence-corrected chi connectivity index (χ1v) is 22.2. The van der Waals surface area contributed by atoms with Gasteiger partial charge in [0.25, 0.3) is 5.91 Å². The van der Waals surface area contributed by atoms with Gasteiger partial charge < -0.3 is 29.7 Å². The molecule has 3 aliphatic heterocycles. The summed E-state index contributed by atoms with van der Waals surface area (Å²) in [6, 6.07) is 3.78. The van der Waals surface area contributed by atoms with E-state index in [2.05, 4.69) is 15.4 Å². The fourth-order valence-corrected chi connectivity index (χ4v) is 10.0. The van der Waals surface area contributed by atoms with E-state index in [1.807, 2.05) is 37.3 Å². The predicted octanol–water partition coefficient (Wildman–Crippen LogP) is 5.07. The molecule has 3 N–H and O–H groups in total. The quantitative estimate of drug-likeness (QED) is 0.305. The van der Waals surface area contributed by atoms with E-state index >= 15 is 0 Å². The van der Waals surface area contributed by atoms with E-state index in [-0.39, 0.29) is 31.4 Å². The zero-order valence-electron chi connectivity index (χ0n) is 33.4. The first-order chi connectivity index (χ1) is 27.2. The van der Waals surface area contributed by atoms with Crippen LogP contribution < -0.4 is 24.8 Å². The van der Waals surface area contributed by atoms with Crippen LogP contribution in [0.25, 0.3) is 10.9 Å². The zero-order chi connectivity index (χ0) is 40.3. The van der Waals surface area contributed by atoms with Gasteiger partial charge in [0.05, 0.1) is 29.6 Å². The minimum Gasteiger partial charge on any atom is -0.497 e. The third kappa shape index (κ3) is 7.56. The van der Waals surface area contributed by atoms with Crippen molar-refractivity contribution in [2.45, 2.75) is 151 Å². The van der Waals surface area contributed by atoms with Crippen LogP contribution in [0.2, 0.25) is 0 Å². The van der Waals surface area contributed by atoms with Crippen molar-refractivity contribution in [2.24, 2.45) is 5.92 Å². The van der Waals surface area contributed by atoms with Gasteiger partial charge in [-0.15, -0.1) is 0 Å². The first kappa shape index (κ1) is 39.4. The molecule has 308 valence electrons. The van der Waals surface area contributed by atoms with Crippen LogP contribution in [0.1, 0.15) is 121 Å². The Balaban J connectivity index is 1.15. The Labute approximate surface area is 334 Å². The number of carbonyl (C=O) groups is 4. The van der Waals surface area contributed by atoms with E-state index in [1.54, 1.807) is 21.0 Å². The number of fused-ring (bicyclic) bond motifs is 5. The summed E-state index contributed by atoms with van der Waals surface area (Å²) in [4.78, 5) is 63.3. The number of pyridine rings is 1. The van der Waals surface area contributed by atoms with Gasteiger partial charge in [0.1, 0.15) is 40.8 Å². The van der Waals surface area contributed by atoms with Gasteiger partial charge in [-0.25, -0.2) is 18.2 Å². The molecule has 4 amide bonds. The maximum Gasteiger partial charge on any atom is 0.408 e. The number of benzene rings is 1. The molecule has 6 aliphatic rings. The molecule has 57 heavy (non-hydrogen) atoms. The molecule has 1 saturated heterocycles. The second kappa shape index (κ2) is 14.8. The normalized spacial score (nSPS) is 30.0. The van der Waals surface area contributed by atoms with Crippen LogP contribution in [-0.2, 0) is 35.6 Å². The SMILES string of the molecule is CCC(C)OC(=O)NC1CCCCCC=CC2CC2(C(=O)NS(=O)(=O)C2(C)CC2)NC(=O)C2CC3(CCc4c(c(C5CC5)nc5ccc(OC)cc45)O3)CN2C1=O. The van der Waals surface area contributed by atoms with Crippen LogP contribution in [0.3, 0.4) is 0 Å². The molecule has 6 atom stereocenters. The second-order valence-electron chi connectivity index (χ2n) is 17.5. The number of hydrogen-bond acceptors (Lipinski definition) is 10. The number of nitrogens with zero attached hydrogens (tertiary/aromatic N) is 2. The number of aryl methyl sites for hydroxylation is 1. The summed E-state index contributed by atoms with van der Waals surface area (Å²) in [5, 5.41) is 6.73. The zero-order valence-corrected chi connectivity index (χ0v) is 34.2. The second-order valence-corrected chi connectivity index (χ2v) is 19.7. The van der Waals surface area contributed by atoms with Crippen molar-refractivity contribution in [2.75, 3.05) is 13.7 Å². The maximum absolute atomic E-state index is 14.8. The number of methoxy groups -OCH3 is 1. The average molecular weight is 806 g/mol. The Kier molecular flexibility index (Phi) is 10.2. The highest BCUT2D eigenvalue weighted by molar-refractivity contribution is 7.91. The number of ether oxygens (including phenoxy) is 3. The van der Waals surface area contributed by atoms with Gasteiger partial charge >= 0.3 is 6.09 Å². The van der Waals surface area contributed by atoms with Crippen molar-refractivity contribution < 1.29 is 41.8 Å². The number of alkyl carbamates (subject to hydrolysis) is 1. The maximum atomic E-state index is 14.8. The molecule has 3 saturated carbocycles. The molecule has 14 nitrogen and oxygen atoms in total. The van der Waals surface area contributed by atoms with Crippen LogP contribution in [0.15, 0.2) is 30.4 Å². The number of aromatic nitrogens is 1. The van der Waals surface area contributed by atoms with Crippen LogP contribution in [0.5, 0.6) is 11.5 Å². The van der Waals surface area contributed by atoms with Crippen molar-refractivity contribution in [1.29, 1.82) is 0 Å². The smallest absolute Gasteiger partial charge is 0.408 e. The molecular formula is C42H55N5O9S. The molecule has 0 radical (unpaired) electrons. The standard InChI is InChI=1S/C42H55N5O9S/c1-5-25(2)55-39(51)44-32-12-10-8-6-7-9-11-27-22-42(27,38(50)46-57(52,53)40(3)19-20-40)45-36(48)33-23-41(24-47(33)37(32)49)18-17-29-30-21-28(54-4)15-16-31(30)43-34(26-13-14-26)35(29)56-41/h9,11,15-16,21,25-27,32-33H,5-8,10,12-14,17-20,22-24H2,1-4H3,(H,44,51)(H,45,48)(H,46,50). The lowest BCUT2D eigenvalue weighted by Gasteiger charge is -2.37. The van der Waals surface area contributed by atoms with Gasteiger partial charge in [0, 0.05) is 29.2 Å². The van der Waals surface area contributed by atoms with Crippen LogP contribution in [-0.4, -0.2) is 89.8 Å². The summed E-state index contributed by atoms with van der Waals surface area (Å²) in [6.07, 6.45) is 11.0. The van der Waals surface area contributed by atoms with Crippen LogP contribution in [0, 0.1) is 5.92 Å². The molecule has 8 rings (SSSR count). The summed E-state index contributed by atoms with van der Waals surface area (Å²) in [7, 11) is -2.36. The fraction of sp³-hybridized carbons (Fsp3) is 0.643. The number of carbonyl (C=O) groups excluding carboxylic acids is 4. The third-order valence-corrected chi connectivity index (χ3v) is 15.3. The number of rotatable bonds is 8. The minimum absolute atomic E-state index is 0.0669. The van der Waals surface area contributed by atoms with E-state index < -0.39 is 67.7 Å². The largest absolute Gasteiger partial charge is 0.497 e. The Hall–Kier alpha value is -4.40. The van der Waals surface area contributed by atoms with Crippen molar-refractivity contribution in [3.8, 4) is 11.5 Å². The Morgan fingerprint density at radius 3 is 2.61 bits per heavy atom. The number of allylic oxidation sites excluding steroid dienone is 1. The lowest BCUT2D eigenvalue weighted by atomic mass is 9.86.